The van der Waals surface area contributed by atoms with Crippen LogP contribution < -0.4 is 5.32 Å². The van der Waals surface area contributed by atoms with Crippen LogP contribution in [0.25, 0.3) is 0 Å². The molecular formula is C15H24ClN. The summed E-state index contributed by atoms with van der Waals surface area (Å²) in [6.07, 6.45) is 2.51. The molecule has 0 saturated carbocycles. The average molecular weight is 254 g/mol. The van der Waals surface area contributed by atoms with Crippen molar-refractivity contribution in [1.82, 2.24) is 5.32 Å². The quantitative estimate of drug-likeness (QED) is 0.720. The molecule has 0 heterocycles. The van der Waals surface area contributed by atoms with Crippen LogP contribution in [-0.2, 0) is 5.54 Å². The largest absolute Gasteiger partial charge is 0.306 e. The van der Waals surface area contributed by atoms with Gasteiger partial charge in [-0.15, -0.1) is 11.6 Å². The Morgan fingerprint density at radius 2 is 1.94 bits per heavy atom. The van der Waals surface area contributed by atoms with Crippen molar-refractivity contribution < 1.29 is 0 Å². The Balaban J connectivity index is 2.63. The Labute approximate surface area is 111 Å². The molecule has 96 valence electrons. The van der Waals surface area contributed by atoms with Gasteiger partial charge in [0.05, 0.1) is 5.54 Å². The Hall–Kier alpha value is -0.530. The molecular weight excluding hydrogens is 230 g/mol. The van der Waals surface area contributed by atoms with E-state index < -0.39 is 0 Å². The smallest absolute Gasteiger partial charge is 0.0543 e. The van der Waals surface area contributed by atoms with Crippen molar-refractivity contribution in [3.8, 4) is 0 Å². The highest BCUT2D eigenvalue weighted by Crippen LogP contribution is 2.22. The zero-order valence-electron chi connectivity index (χ0n) is 11.2. The molecule has 1 N–H and O–H groups in total. The van der Waals surface area contributed by atoms with E-state index in [9.17, 15) is 0 Å². The maximum absolute atomic E-state index is 6.14. The van der Waals surface area contributed by atoms with Gasteiger partial charge in [0.2, 0.25) is 0 Å². The predicted molar refractivity (Wildman–Crippen MR) is 76.6 cm³/mol. The number of alkyl halides is 1. The van der Waals surface area contributed by atoms with Gasteiger partial charge < -0.3 is 5.32 Å². The number of hydrogen-bond acceptors (Lipinski definition) is 1. The fourth-order valence-electron chi connectivity index (χ4n) is 2.03. The van der Waals surface area contributed by atoms with Crippen LogP contribution in [0, 0.1) is 5.92 Å². The third kappa shape index (κ3) is 4.33. The summed E-state index contributed by atoms with van der Waals surface area (Å²) in [4.78, 5) is 0. The average Bonchev–Trinajstić information content (AvgIpc) is 2.37. The molecule has 0 aliphatic carbocycles. The SMILES string of the molecule is CCCC(C)CNC(C)(CCl)c1ccccc1. The maximum atomic E-state index is 6.14. The summed E-state index contributed by atoms with van der Waals surface area (Å²) in [5.74, 6) is 1.29. The second-order valence-corrected chi connectivity index (χ2v) is 5.37. The number of rotatable bonds is 7. The molecule has 0 fully saturated rings. The highest BCUT2D eigenvalue weighted by Gasteiger charge is 2.24. The van der Waals surface area contributed by atoms with Gasteiger partial charge in [-0.1, -0.05) is 50.6 Å². The molecule has 0 saturated heterocycles. The van der Waals surface area contributed by atoms with E-state index in [1.54, 1.807) is 0 Å². The maximum Gasteiger partial charge on any atom is 0.0543 e. The molecule has 0 bridgehead atoms. The molecule has 0 spiro atoms. The lowest BCUT2D eigenvalue weighted by molar-refractivity contribution is 0.358. The first-order valence-electron chi connectivity index (χ1n) is 6.49. The monoisotopic (exact) mass is 253 g/mol. The molecule has 1 aromatic rings. The van der Waals surface area contributed by atoms with E-state index in [2.05, 4.69) is 50.4 Å². The minimum atomic E-state index is -0.120. The number of hydrogen-bond donors (Lipinski definition) is 1. The summed E-state index contributed by atoms with van der Waals surface area (Å²) in [6, 6.07) is 10.5. The molecule has 2 unspecified atom stereocenters. The lowest BCUT2D eigenvalue weighted by atomic mass is 9.93. The van der Waals surface area contributed by atoms with Crippen molar-refractivity contribution >= 4 is 11.6 Å². The molecule has 17 heavy (non-hydrogen) atoms. The topological polar surface area (TPSA) is 12.0 Å². The highest BCUT2D eigenvalue weighted by molar-refractivity contribution is 6.18. The van der Waals surface area contributed by atoms with E-state index in [4.69, 9.17) is 11.6 Å². The second kappa shape index (κ2) is 7.03. The van der Waals surface area contributed by atoms with Crippen molar-refractivity contribution in [2.24, 2.45) is 5.92 Å². The Morgan fingerprint density at radius 3 is 2.47 bits per heavy atom. The fourth-order valence-corrected chi connectivity index (χ4v) is 2.28. The summed E-state index contributed by atoms with van der Waals surface area (Å²) in [7, 11) is 0. The van der Waals surface area contributed by atoms with Crippen LogP contribution in [0.5, 0.6) is 0 Å². The van der Waals surface area contributed by atoms with Crippen molar-refractivity contribution in [1.29, 1.82) is 0 Å². The van der Waals surface area contributed by atoms with Gasteiger partial charge in [0, 0.05) is 5.88 Å². The van der Waals surface area contributed by atoms with Crippen LogP contribution in [0.4, 0.5) is 0 Å². The first kappa shape index (κ1) is 14.5. The summed E-state index contributed by atoms with van der Waals surface area (Å²) in [5, 5.41) is 3.61. The Bertz CT molecular complexity index is 312. The number of halogens is 1. The minimum absolute atomic E-state index is 0.120. The van der Waals surface area contributed by atoms with Crippen molar-refractivity contribution in [2.45, 2.75) is 39.2 Å². The van der Waals surface area contributed by atoms with Gasteiger partial charge >= 0.3 is 0 Å². The number of nitrogens with one attached hydrogen (secondary N) is 1. The molecule has 1 aromatic carbocycles. The van der Waals surface area contributed by atoms with E-state index >= 15 is 0 Å². The molecule has 1 nitrogen and oxygen atoms in total. The second-order valence-electron chi connectivity index (χ2n) is 5.11. The van der Waals surface area contributed by atoms with Gasteiger partial charge in [0.25, 0.3) is 0 Å². The Kier molecular flexibility index (Phi) is 6.01. The third-order valence-corrected chi connectivity index (χ3v) is 3.83. The van der Waals surface area contributed by atoms with Crippen LogP contribution in [0.2, 0.25) is 0 Å². The lowest BCUT2D eigenvalue weighted by Crippen LogP contribution is -2.43. The van der Waals surface area contributed by atoms with Crippen LogP contribution >= 0.6 is 11.6 Å². The molecule has 2 heteroatoms. The summed E-state index contributed by atoms with van der Waals surface area (Å²) >= 11 is 6.14. The predicted octanol–water partition coefficient (Wildman–Crippen LogP) is 4.17. The van der Waals surface area contributed by atoms with Gasteiger partial charge in [0.15, 0.2) is 0 Å². The molecule has 0 aliphatic rings. The highest BCUT2D eigenvalue weighted by atomic mass is 35.5. The first-order valence-corrected chi connectivity index (χ1v) is 7.02. The van der Waals surface area contributed by atoms with E-state index in [-0.39, 0.29) is 5.54 Å². The van der Waals surface area contributed by atoms with Gasteiger partial charge in [-0.2, -0.15) is 0 Å². The van der Waals surface area contributed by atoms with Gasteiger partial charge in [-0.25, -0.2) is 0 Å². The van der Waals surface area contributed by atoms with Crippen LogP contribution in [-0.4, -0.2) is 12.4 Å². The van der Waals surface area contributed by atoms with Crippen molar-refractivity contribution in [2.75, 3.05) is 12.4 Å². The van der Waals surface area contributed by atoms with Crippen LogP contribution in [0.3, 0.4) is 0 Å². The van der Waals surface area contributed by atoms with Crippen LogP contribution in [0.15, 0.2) is 30.3 Å². The molecule has 0 radical (unpaired) electrons. The summed E-state index contributed by atoms with van der Waals surface area (Å²) < 4.78 is 0. The molecule has 0 aliphatic heterocycles. The van der Waals surface area contributed by atoms with Gasteiger partial charge in [0.1, 0.15) is 0 Å². The van der Waals surface area contributed by atoms with Gasteiger partial charge in [-0.05, 0) is 31.4 Å². The first-order chi connectivity index (χ1) is 8.12. The van der Waals surface area contributed by atoms with Crippen LogP contribution in [0.1, 0.15) is 39.2 Å². The van der Waals surface area contributed by atoms with E-state index in [0.29, 0.717) is 11.8 Å². The molecule has 1 rings (SSSR count). The number of benzene rings is 1. The minimum Gasteiger partial charge on any atom is -0.306 e. The molecule has 2 atom stereocenters. The zero-order chi connectivity index (χ0) is 12.7. The standard InChI is InChI=1S/C15H24ClN/c1-4-8-13(2)11-17-15(3,12-16)14-9-6-5-7-10-14/h5-7,9-10,13,17H,4,8,11-12H2,1-3H3. The summed E-state index contributed by atoms with van der Waals surface area (Å²) in [6.45, 7) is 7.71. The fraction of sp³-hybridized carbons (Fsp3) is 0.600. The van der Waals surface area contributed by atoms with E-state index in [0.717, 1.165) is 6.54 Å². The lowest BCUT2D eigenvalue weighted by Gasteiger charge is -2.31. The van der Waals surface area contributed by atoms with Crippen molar-refractivity contribution in [3.05, 3.63) is 35.9 Å². The molecule has 0 amide bonds. The zero-order valence-corrected chi connectivity index (χ0v) is 11.9. The van der Waals surface area contributed by atoms with Crippen molar-refractivity contribution in [3.63, 3.8) is 0 Å². The summed E-state index contributed by atoms with van der Waals surface area (Å²) in [5.41, 5.74) is 1.14. The molecule has 0 aromatic heterocycles. The van der Waals surface area contributed by atoms with E-state index in [1.807, 2.05) is 6.07 Å². The Morgan fingerprint density at radius 1 is 1.29 bits per heavy atom. The normalized spacial score (nSPS) is 16.5. The van der Waals surface area contributed by atoms with E-state index in [1.165, 1.54) is 18.4 Å². The van der Waals surface area contributed by atoms with Gasteiger partial charge in [-0.3, -0.25) is 0 Å². The third-order valence-electron chi connectivity index (χ3n) is 3.30.